The molecule has 0 spiro atoms. The minimum absolute atomic E-state index is 0.0991. The van der Waals surface area contributed by atoms with E-state index >= 15 is 0 Å². The lowest BCUT2D eigenvalue weighted by atomic mass is 10.0. The number of carbonyl (C=O) groups is 2. The van der Waals surface area contributed by atoms with Crippen molar-refractivity contribution in [1.82, 2.24) is 5.32 Å². The number of furan rings is 1. The van der Waals surface area contributed by atoms with E-state index in [1.165, 1.54) is 0 Å². The monoisotopic (exact) mass is 410 g/mol. The van der Waals surface area contributed by atoms with Gasteiger partial charge >= 0.3 is 0 Å². The molecule has 0 saturated carbocycles. The first kappa shape index (κ1) is 19.1. The minimum Gasteiger partial charge on any atom is -0.459 e. The van der Waals surface area contributed by atoms with Gasteiger partial charge in [0.25, 0.3) is 5.91 Å². The first-order valence-electron chi connectivity index (χ1n) is 10.4. The van der Waals surface area contributed by atoms with Crippen LogP contribution < -0.4 is 10.2 Å². The number of para-hydroxylation sites is 1. The van der Waals surface area contributed by atoms with Crippen LogP contribution in [0.3, 0.4) is 0 Å². The lowest BCUT2D eigenvalue weighted by molar-refractivity contribution is -0.117. The Morgan fingerprint density at radius 3 is 2.52 bits per heavy atom. The molecule has 2 heterocycles. The third-order valence-corrected chi connectivity index (χ3v) is 5.63. The molecule has 154 valence electrons. The Bertz CT molecular complexity index is 1210. The summed E-state index contributed by atoms with van der Waals surface area (Å²) in [6.45, 7) is 0.690. The van der Waals surface area contributed by atoms with E-state index in [9.17, 15) is 9.59 Å². The fourth-order valence-corrected chi connectivity index (χ4v) is 4.06. The molecule has 0 radical (unpaired) electrons. The second-order valence-electron chi connectivity index (χ2n) is 7.70. The van der Waals surface area contributed by atoms with E-state index in [0.29, 0.717) is 24.3 Å². The maximum Gasteiger partial charge on any atom is 0.252 e. The molecule has 1 atom stereocenters. The maximum absolute atomic E-state index is 13.2. The molecule has 1 aliphatic rings. The van der Waals surface area contributed by atoms with Gasteiger partial charge in [-0.25, -0.2) is 0 Å². The summed E-state index contributed by atoms with van der Waals surface area (Å²) >= 11 is 0. The molecule has 1 N–H and O–H groups in total. The molecule has 5 nitrogen and oxygen atoms in total. The lowest BCUT2D eigenvalue weighted by Gasteiger charge is -2.19. The van der Waals surface area contributed by atoms with Gasteiger partial charge in [0.05, 0.1) is 0 Å². The van der Waals surface area contributed by atoms with Crippen molar-refractivity contribution >= 4 is 28.5 Å². The van der Waals surface area contributed by atoms with E-state index in [0.717, 1.165) is 28.6 Å². The highest BCUT2D eigenvalue weighted by Gasteiger charge is 2.24. The van der Waals surface area contributed by atoms with Crippen molar-refractivity contribution in [2.75, 3.05) is 11.4 Å². The number of fused-ring (bicyclic) bond motifs is 1. The van der Waals surface area contributed by atoms with E-state index in [2.05, 4.69) is 5.32 Å². The average molecular weight is 410 g/mol. The number of carbonyl (C=O) groups excluding carboxylic acids is 2. The number of hydrogen-bond donors (Lipinski definition) is 1. The van der Waals surface area contributed by atoms with Crippen LogP contribution in [-0.2, 0) is 4.79 Å². The first-order chi connectivity index (χ1) is 15.2. The number of nitrogens with zero attached hydrogens (tertiary/aromatic N) is 1. The summed E-state index contributed by atoms with van der Waals surface area (Å²) in [6.07, 6.45) is 1.40. The average Bonchev–Trinajstić information content (AvgIpc) is 3.44. The van der Waals surface area contributed by atoms with E-state index in [-0.39, 0.29) is 11.8 Å². The summed E-state index contributed by atoms with van der Waals surface area (Å²) in [5.74, 6) is 0.552. The van der Waals surface area contributed by atoms with Crippen LogP contribution in [0.25, 0.3) is 11.0 Å². The molecule has 31 heavy (non-hydrogen) atoms. The Kier molecular flexibility index (Phi) is 5.00. The van der Waals surface area contributed by atoms with Crippen molar-refractivity contribution < 1.29 is 14.0 Å². The van der Waals surface area contributed by atoms with E-state index < -0.39 is 6.04 Å². The quantitative estimate of drug-likeness (QED) is 0.499. The van der Waals surface area contributed by atoms with Crippen molar-refractivity contribution in [2.45, 2.75) is 18.9 Å². The van der Waals surface area contributed by atoms with Crippen LogP contribution in [0.2, 0.25) is 0 Å². The summed E-state index contributed by atoms with van der Waals surface area (Å²) in [7, 11) is 0. The zero-order valence-corrected chi connectivity index (χ0v) is 17.0. The molecule has 3 aromatic carbocycles. The van der Waals surface area contributed by atoms with E-state index in [4.69, 9.17) is 4.42 Å². The topological polar surface area (TPSA) is 62.6 Å². The van der Waals surface area contributed by atoms with Gasteiger partial charge in [0, 0.05) is 29.6 Å². The first-order valence-corrected chi connectivity index (χ1v) is 10.4. The zero-order valence-electron chi connectivity index (χ0n) is 17.0. The van der Waals surface area contributed by atoms with Crippen LogP contribution in [0.15, 0.2) is 89.3 Å². The predicted molar refractivity (Wildman–Crippen MR) is 120 cm³/mol. The van der Waals surface area contributed by atoms with Gasteiger partial charge < -0.3 is 14.6 Å². The van der Waals surface area contributed by atoms with Crippen molar-refractivity contribution in [3.05, 3.63) is 102 Å². The Morgan fingerprint density at radius 1 is 0.935 bits per heavy atom. The fraction of sp³-hybridized carbons (Fsp3) is 0.154. The van der Waals surface area contributed by atoms with Gasteiger partial charge in [-0.05, 0) is 42.3 Å². The van der Waals surface area contributed by atoms with Gasteiger partial charge in [0.2, 0.25) is 5.91 Å². The van der Waals surface area contributed by atoms with Crippen molar-refractivity contribution in [1.29, 1.82) is 0 Å². The molecule has 5 rings (SSSR count). The minimum atomic E-state index is -0.432. The smallest absolute Gasteiger partial charge is 0.252 e. The highest BCUT2D eigenvalue weighted by molar-refractivity contribution is 5.99. The SMILES string of the molecule is O=C(NC(c1ccccc1)c1cc2ccccc2o1)c1cccc(N2CCCC2=O)c1. The van der Waals surface area contributed by atoms with Crippen LogP contribution in [-0.4, -0.2) is 18.4 Å². The molecule has 1 aromatic heterocycles. The summed E-state index contributed by atoms with van der Waals surface area (Å²) in [5.41, 5.74) is 2.98. The molecule has 1 saturated heterocycles. The number of amides is 2. The summed E-state index contributed by atoms with van der Waals surface area (Å²) in [5, 5.41) is 4.11. The van der Waals surface area contributed by atoms with Gasteiger partial charge in [0.1, 0.15) is 17.4 Å². The molecule has 5 heteroatoms. The van der Waals surface area contributed by atoms with Crippen LogP contribution in [0.4, 0.5) is 5.69 Å². The zero-order chi connectivity index (χ0) is 21.2. The van der Waals surface area contributed by atoms with Crippen LogP contribution in [0.5, 0.6) is 0 Å². The Hall–Kier alpha value is -3.86. The lowest BCUT2D eigenvalue weighted by Crippen LogP contribution is -2.29. The van der Waals surface area contributed by atoms with Gasteiger partial charge in [0.15, 0.2) is 0 Å². The number of rotatable bonds is 5. The molecule has 0 bridgehead atoms. The van der Waals surface area contributed by atoms with E-state index in [1.54, 1.807) is 17.0 Å². The Balaban J connectivity index is 1.47. The van der Waals surface area contributed by atoms with Crippen LogP contribution in [0, 0.1) is 0 Å². The molecular weight excluding hydrogens is 388 g/mol. The normalized spacial score (nSPS) is 14.7. The van der Waals surface area contributed by atoms with Crippen LogP contribution in [0.1, 0.15) is 40.6 Å². The molecule has 4 aromatic rings. The standard InChI is InChI=1S/C26H22N2O3/c29-24-14-7-15-28(24)21-12-6-11-20(16-21)26(30)27-25(18-8-2-1-3-9-18)23-17-19-10-4-5-13-22(19)31-23/h1-6,8-13,16-17,25H,7,14-15H2,(H,27,30). The fourth-order valence-electron chi connectivity index (χ4n) is 4.06. The van der Waals surface area contributed by atoms with Crippen molar-refractivity contribution in [3.8, 4) is 0 Å². The molecule has 1 aliphatic heterocycles. The highest BCUT2D eigenvalue weighted by atomic mass is 16.3. The highest BCUT2D eigenvalue weighted by Crippen LogP contribution is 2.29. The molecule has 0 aliphatic carbocycles. The summed E-state index contributed by atoms with van der Waals surface area (Å²) in [4.78, 5) is 27.1. The molecule has 2 amide bonds. The molecule has 1 unspecified atom stereocenters. The van der Waals surface area contributed by atoms with Gasteiger partial charge in [-0.1, -0.05) is 54.6 Å². The van der Waals surface area contributed by atoms with Gasteiger partial charge in [-0.2, -0.15) is 0 Å². The Morgan fingerprint density at radius 2 is 1.74 bits per heavy atom. The van der Waals surface area contributed by atoms with Gasteiger partial charge in [-0.15, -0.1) is 0 Å². The summed E-state index contributed by atoms with van der Waals surface area (Å²) in [6, 6.07) is 26.3. The third kappa shape index (κ3) is 3.82. The maximum atomic E-state index is 13.2. The van der Waals surface area contributed by atoms with Crippen molar-refractivity contribution in [2.24, 2.45) is 0 Å². The predicted octanol–water partition coefficient (Wildman–Crippen LogP) is 5.08. The number of hydrogen-bond acceptors (Lipinski definition) is 3. The largest absolute Gasteiger partial charge is 0.459 e. The molecule has 1 fully saturated rings. The number of nitrogens with one attached hydrogen (secondary N) is 1. The Labute approximate surface area is 180 Å². The number of anilines is 1. The third-order valence-electron chi connectivity index (χ3n) is 5.63. The summed E-state index contributed by atoms with van der Waals surface area (Å²) < 4.78 is 6.07. The molecular formula is C26H22N2O3. The second kappa shape index (κ2) is 8.11. The van der Waals surface area contributed by atoms with E-state index in [1.807, 2.05) is 72.8 Å². The number of benzene rings is 3. The second-order valence-corrected chi connectivity index (χ2v) is 7.70. The van der Waals surface area contributed by atoms with Crippen LogP contribution >= 0.6 is 0 Å². The van der Waals surface area contributed by atoms with Crippen molar-refractivity contribution in [3.63, 3.8) is 0 Å². The van der Waals surface area contributed by atoms with Gasteiger partial charge in [-0.3, -0.25) is 9.59 Å².